The minimum Gasteiger partial charge on any atom is -0.508 e. The summed E-state index contributed by atoms with van der Waals surface area (Å²) in [5, 5.41) is 9.99. The number of carbonyl (C=O) groups excluding carboxylic acids is 3. The summed E-state index contributed by atoms with van der Waals surface area (Å²) < 4.78 is 18.3. The fraction of sp³-hybridized carbons (Fsp3) is 0.743. The van der Waals surface area contributed by atoms with E-state index in [0.29, 0.717) is 19.3 Å². The Balaban J connectivity index is 1.35. The van der Waals surface area contributed by atoms with Gasteiger partial charge in [0.15, 0.2) is 0 Å². The van der Waals surface area contributed by atoms with E-state index in [0.717, 1.165) is 44.1 Å². The molecule has 2 bridgehead atoms. The van der Waals surface area contributed by atoms with Crippen LogP contribution in [0.3, 0.4) is 0 Å². The molecule has 7 unspecified atom stereocenters. The van der Waals surface area contributed by atoms with Gasteiger partial charge in [0.05, 0.1) is 16.7 Å². The maximum Gasteiger partial charge on any atom is 0.312 e. The minimum atomic E-state index is -0.858. The monoisotopic (exact) mass is 582 g/mol. The Morgan fingerprint density at radius 2 is 1.64 bits per heavy atom. The van der Waals surface area contributed by atoms with E-state index in [2.05, 4.69) is 20.8 Å². The van der Waals surface area contributed by atoms with Crippen molar-refractivity contribution in [3.8, 4) is 5.75 Å². The molecule has 1 N–H and O–H groups in total. The van der Waals surface area contributed by atoms with E-state index >= 15 is 0 Å². The molecule has 0 amide bonds. The summed E-state index contributed by atoms with van der Waals surface area (Å²) >= 11 is 0. The van der Waals surface area contributed by atoms with Crippen molar-refractivity contribution >= 4 is 17.9 Å². The predicted molar refractivity (Wildman–Crippen MR) is 158 cm³/mol. The number of phenols is 1. The molecule has 5 rings (SSSR count). The van der Waals surface area contributed by atoms with Crippen molar-refractivity contribution in [2.24, 2.45) is 34.0 Å². The molecule has 4 aliphatic rings. The number of ether oxygens (including phenoxy) is 3. The summed E-state index contributed by atoms with van der Waals surface area (Å²) in [7, 11) is 0. The van der Waals surface area contributed by atoms with Gasteiger partial charge in [-0.1, -0.05) is 39.8 Å². The van der Waals surface area contributed by atoms with Crippen molar-refractivity contribution in [2.45, 2.75) is 130 Å². The van der Waals surface area contributed by atoms with Gasteiger partial charge in [0.1, 0.15) is 23.6 Å². The van der Waals surface area contributed by atoms with Crippen molar-refractivity contribution in [1.82, 2.24) is 0 Å². The molecule has 7 nitrogen and oxygen atoms in total. The van der Waals surface area contributed by atoms with E-state index in [1.807, 2.05) is 39.8 Å². The number of benzene rings is 1. The molecule has 3 saturated carbocycles. The van der Waals surface area contributed by atoms with Crippen LogP contribution in [0.25, 0.3) is 0 Å². The van der Waals surface area contributed by atoms with Gasteiger partial charge in [-0.25, -0.2) is 0 Å². The normalized spacial score (nSPS) is 30.1. The van der Waals surface area contributed by atoms with E-state index in [4.69, 9.17) is 14.2 Å². The lowest BCUT2D eigenvalue weighted by Gasteiger charge is -2.44. The number of phenolic OH excluding ortho intramolecular Hbond substituents is 1. The largest absolute Gasteiger partial charge is 0.508 e. The molecule has 1 saturated heterocycles. The smallest absolute Gasteiger partial charge is 0.312 e. The number of esters is 3. The molecule has 1 heterocycles. The minimum absolute atomic E-state index is 0.0324. The van der Waals surface area contributed by atoms with Crippen LogP contribution in [0.15, 0.2) is 24.3 Å². The summed E-state index contributed by atoms with van der Waals surface area (Å²) in [6, 6.07) is 7.07. The highest BCUT2D eigenvalue weighted by Crippen LogP contribution is 2.56. The first-order chi connectivity index (χ1) is 19.6. The SMILES string of the molecule is CCC(C)(CC(CC(C)(C)C(=O)OC1C2CC3C(=O)OC1C3C2)c1ccc(O)cc1)C(=O)OC1(C(C)(C)C)CCCC1. The quantitative estimate of drug-likeness (QED) is 0.232. The van der Waals surface area contributed by atoms with Crippen LogP contribution in [0.1, 0.15) is 118 Å². The second-order valence-electron chi connectivity index (χ2n) is 15.6. The average molecular weight is 583 g/mol. The molecule has 0 radical (unpaired) electrons. The predicted octanol–water partition coefficient (Wildman–Crippen LogP) is 7.09. The third kappa shape index (κ3) is 5.45. The van der Waals surface area contributed by atoms with Crippen molar-refractivity contribution in [3.63, 3.8) is 0 Å². The Labute approximate surface area is 251 Å². The molecule has 1 aromatic rings. The van der Waals surface area contributed by atoms with E-state index in [9.17, 15) is 19.5 Å². The Hall–Kier alpha value is -2.57. The van der Waals surface area contributed by atoms with Gasteiger partial charge in [-0.2, -0.15) is 0 Å². The molecule has 1 aliphatic heterocycles. The summed E-state index contributed by atoms with van der Waals surface area (Å²) in [5.41, 5.74) is -1.30. The van der Waals surface area contributed by atoms with Crippen molar-refractivity contribution < 1.29 is 33.7 Å². The Bertz CT molecular complexity index is 1190. The van der Waals surface area contributed by atoms with Gasteiger partial charge >= 0.3 is 17.9 Å². The molecule has 0 spiro atoms. The highest BCUT2D eigenvalue weighted by molar-refractivity contribution is 5.79. The highest BCUT2D eigenvalue weighted by atomic mass is 16.6. The maximum atomic E-state index is 14.0. The van der Waals surface area contributed by atoms with Gasteiger partial charge in [-0.05, 0) is 102 Å². The second kappa shape index (κ2) is 10.9. The Morgan fingerprint density at radius 1 is 1.00 bits per heavy atom. The lowest BCUT2D eigenvalue weighted by atomic mass is 9.70. The van der Waals surface area contributed by atoms with Gasteiger partial charge < -0.3 is 19.3 Å². The molecule has 7 heteroatoms. The summed E-state index contributed by atoms with van der Waals surface area (Å²) in [4.78, 5) is 40.0. The Kier molecular flexibility index (Phi) is 7.98. The first-order valence-corrected chi connectivity index (χ1v) is 16.0. The van der Waals surface area contributed by atoms with Crippen molar-refractivity contribution in [3.05, 3.63) is 29.8 Å². The van der Waals surface area contributed by atoms with E-state index in [1.54, 1.807) is 12.1 Å². The number of fused-ring (bicyclic) bond motifs is 1. The fourth-order valence-corrected chi connectivity index (χ4v) is 8.27. The van der Waals surface area contributed by atoms with Gasteiger partial charge in [-0.3, -0.25) is 14.4 Å². The molecule has 42 heavy (non-hydrogen) atoms. The molecule has 0 aromatic heterocycles. The third-order valence-corrected chi connectivity index (χ3v) is 11.4. The zero-order chi connectivity index (χ0) is 30.7. The summed E-state index contributed by atoms with van der Waals surface area (Å²) in [5.74, 6) is -0.304. The number of rotatable bonds is 10. The zero-order valence-corrected chi connectivity index (χ0v) is 26.5. The number of aromatic hydroxyl groups is 1. The highest BCUT2D eigenvalue weighted by Gasteiger charge is 2.63. The Morgan fingerprint density at radius 3 is 2.24 bits per heavy atom. The number of carbonyl (C=O) groups is 3. The molecular formula is C35H50O7. The van der Waals surface area contributed by atoms with Crippen LogP contribution in [0.4, 0.5) is 0 Å². The number of hydrogen-bond acceptors (Lipinski definition) is 7. The van der Waals surface area contributed by atoms with Gasteiger partial charge in [-0.15, -0.1) is 0 Å². The molecule has 3 aliphatic carbocycles. The molecule has 7 atom stereocenters. The summed E-state index contributed by atoms with van der Waals surface area (Å²) in [6.45, 7) is 14.3. The first kappa shape index (κ1) is 30.9. The molecule has 232 valence electrons. The van der Waals surface area contributed by atoms with E-state index in [1.165, 1.54) is 0 Å². The van der Waals surface area contributed by atoms with Crippen molar-refractivity contribution in [1.29, 1.82) is 0 Å². The van der Waals surface area contributed by atoms with Crippen LogP contribution in [0.5, 0.6) is 5.75 Å². The van der Waals surface area contributed by atoms with Crippen LogP contribution in [-0.2, 0) is 28.6 Å². The van der Waals surface area contributed by atoms with Crippen LogP contribution in [-0.4, -0.2) is 40.8 Å². The third-order valence-electron chi connectivity index (χ3n) is 11.4. The zero-order valence-electron chi connectivity index (χ0n) is 26.5. The fourth-order valence-electron chi connectivity index (χ4n) is 8.27. The van der Waals surface area contributed by atoms with Crippen LogP contribution in [0, 0.1) is 34.0 Å². The van der Waals surface area contributed by atoms with E-state index in [-0.39, 0.29) is 65.0 Å². The van der Waals surface area contributed by atoms with Crippen LogP contribution < -0.4 is 0 Å². The molecule has 1 aromatic carbocycles. The average Bonchev–Trinajstić information content (AvgIpc) is 3.68. The van der Waals surface area contributed by atoms with Crippen LogP contribution >= 0.6 is 0 Å². The molecular weight excluding hydrogens is 532 g/mol. The van der Waals surface area contributed by atoms with Gasteiger partial charge in [0.2, 0.25) is 0 Å². The lowest BCUT2D eigenvalue weighted by molar-refractivity contribution is -0.185. The second-order valence-corrected chi connectivity index (χ2v) is 15.6. The summed E-state index contributed by atoms with van der Waals surface area (Å²) in [6.07, 6.45) is 6.34. The van der Waals surface area contributed by atoms with Crippen molar-refractivity contribution in [2.75, 3.05) is 0 Å². The van der Waals surface area contributed by atoms with Gasteiger partial charge in [0, 0.05) is 17.3 Å². The van der Waals surface area contributed by atoms with Crippen LogP contribution in [0.2, 0.25) is 0 Å². The van der Waals surface area contributed by atoms with Gasteiger partial charge in [0.25, 0.3) is 0 Å². The van der Waals surface area contributed by atoms with E-state index < -0.39 is 16.4 Å². The molecule has 4 fully saturated rings. The first-order valence-electron chi connectivity index (χ1n) is 16.0. The maximum absolute atomic E-state index is 14.0. The standard InChI is InChI=1S/C35H50O7/c1-8-34(7,31(39)42-35(32(2,3)4)15-9-10-16-35)20-23(21-11-13-24(36)14-12-21)19-33(5,6)30(38)41-27-22-17-25-26(18-22)29(37)40-28(25)27/h11-14,22-23,25-28,36H,8-10,15-20H2,1-7H3. The topological polar surface area (TPSA) is 99.1 Å². The lowest BCUT2D eigenvalue weighted by Crippen LogP contribution is -2.48. The number of hydrogen-bond donors (Lipinski definition) is 1.